The third-order valence-corrected chi connectivity index (χ3v) is 1.71. The Morgan fingerprint density at radius 3 is 2.33 bits per heavy atom. The van der Waals surface area contributed by atoms with Crippen LogP contribution < -0.4 is 0 Å². The van der Waals surface area contributed by atoms with Crippen molar-refractivity contribution in [2.24, 2.45) is 0 Å². The van der Waals surface area contributed by atoms with Crippen LogP contribution in [0.1, 0.15) is 18.1 Å². The number of nitrogens with one attached hydrogen (secondary N) is 1. The van der Waals surface area contributed by atoms with Crippen molar-refractivity contribution in [1.29, 1.82) is 5.41 Å². The molecule has 3 heteroatoms. The molecule has 1 rings (SSSR count). The number of aryl methyl sites for hydroxylation is 1. The number of aromatic hydroxyl groups is 2. The van der Waals surface area contributed by atoms with Crippen molar-refractivity contribution in [3.63, 3.8) is 0 Å². The van der Waals surface area contributed by atoms with Gasteiger partial charge in [-0.2, -0.15) is 0 Å². The average Bonchev–Trinajstić information content (AvgIpc) is 1.99. The van der Waals surface area contributed by atoms with E-state index in [1.165, 1.54) is 6.07 Å². The van der Waals surface area contributed by atoms with Crippen molar-refractivity contribution in [3.05, 3.63) is 23.3 Å². The maximum absolute atomic E-state index is 9.19. The Balaban J connectivity index is 3.31. The molecule has 3 N–H and O–H groups in total. The van der Waals surface area contributed by atoms with Gasteiger partial charge in [-0.05, 0) is 37.1 Å². The standard InChI is InChI=1S/C9H11NO2/c1-5-3-7(6(2)10)4-8(11)9(5)12/h3-4,10-12H,1-2H3. The molecule has 3 nitrogen and oxygen atoms in total. The summed E-state index contributed by atoms with van der Waals surface area (Å²) in [6, 6.07) is 3.04. The summed E-state index contributed by atoms with van der Waals surface area (Å²) in [5.41, 5.74) is 1.58. The number of hydrogen-bond donors (Lipinski definition) is 3. The molecule has 0 heterocycles. The van der Waals surface area contributed by atoms with Crippen LogP contribution in [-0.2, 0) is 0 Å². The monoisotopic (exact) mass is 165 g/mol. The summed E-state index contributed by atoms with van der Waals surface area (Å²) in [5, 5.41) is 25.7. The van der Waals surface area contributed by atoms with Crippen molar-refractivity contribution in [2.45, 2.75) is 13.8 Å². The van der Waals surface area contributed by atoms with Gasteiger partial charge in [0.05, 0.1) is 0 Å². The van der Waals surface area contributed by atoms with E-state index in [1.54, 1.807) is 19.9 Å². The van der Waals surface area contributed by atoms with Crippen LogP contribution in [0.2, 0.25) is 0 Å². The minimum Gasteiger partial charge on any atom is -0.504 e. The first-order valence-corrected chi connectivity index (χ1v) is 3.60. The van der Waals surface area contributed by atoms with Crippen LogP contribution in [0.3, 0.4) is 0 Å². The quantitative estimate of drug-likeness (QED) is 0.438. The summed E-state index contributed by atoms with van der Waals surface area (Å²) >= 11 is 0. The highest BCUT2D eigenvalue weighted by Crippen LogP contribution is 2.29. The molecular formula is C9H11NO2. The molecule has 0 amide bonds. The molecule has 0 unspecified atom stereocenters. The van der Waals surface area contributed by atoms with Crippen LogP contribution in [0, 0.1) is 12.3 Å². The molecule has 0 aliphatic rings. The highest BCUT2D eigenvalue weighted by Gasteiger charge is 2.05. The molecule has 0 aliphatic carbocycles. The number of phenolic OH excluding ortho intramolecular Hbond substituents is 2. The van der Waals surface area contributed by atoms with Gasteiger partial charge >= 0.3 is 0 Å². The third-order valence-electron chi connectivity index (χ3n) is 1.71. The number of benzene rings is 1. The third kappa shape index (κ3) is 1.39. The van der Waals surface area contributed by atoms with E-state index in [-0.39, 0.29) is 11.5 Å². The molecular weight excluding hydrogens is 154 g/mol. The Hall–Kier alpha value is -1.51. The van der Waals surface area contributed by atoms with Crippen LogP contribution in [0.4, 0.5) is 0 Å². The van der Waals surface area contributed by atoms with Gasteiger partial charge in [0.1, 0.15) is 0 Å². The smallest absolute Gasteiger partial charge is 0.160 e. The number of hydrogen-bond acceptors (Lipinski definition) is 3. The molecule has 0 saturated carbocycles. The zero-order valence-electron chi connectivity index (χ0n) is 7.05. The Labute approximate surface area is 70.8 Å². The van der Waals surface area contributed by atoms with E-state index in [0.717, 1.165) is 0 Å². The lowest BCUT2D eigenvalue weighted by Crippen LogP contribution is -1.92. The van der Waals surface area contributed by atoms with Gasteiger partial charge in [0.25, 0.3) is 0 Å². The number of phenols is 2. The maximum Gasteiger partial charge on any atom is 0.160 e. The summed E-state index contributed by atoms with van der Waals surface area (Å²) in [7, 11) is 0. The van der Waals surface area contributed by atoms with E-state index in [4.69, 9.17) is 5.41 Å². The molecule has 1 aromatic rings. The normalized spacial score (nSPS) is 9.83. The lowest BCUT2D eigenvalue weighted by Gasteiger charge is -2.04. The van der Waals surface area contributed by atoms with Crippen molar-refractivity contribution in [2.75, 3.05) is 0 Å². The molecule has 0 aliphatic heterocycles. The van der Waals surface area contributed by atoms with Crippen LogP contribution >= 0.6 is 0 Å². The van der Waals surface area contributed by atoms with Crippen LogP contribution in [0.15, 0.2) is 12.1 Å². The molecule has 0 atom stereocenters. The molecule has 1 aromatic carbocycles. The second-order valence-corrected chi connectivity index (χ2v) is 2.79. The molecule has 0 aromatic heterocycles. The highest BCUT2D eigenvalue weighted by atomic mass is 16.3. The summed E-state index contributed by atoms with van der Waals surface area (Å²) in [5.74, 6) is -0.281. The Morgan fingerprint density at radius 2 is 1.92 bits per heavy atom. The van der Waals surface area contributed by atoms with Gasteiger partial charge in [-0.25, -0.2) is 0 Å². The molecule has 0 bridgehead atoms. The summed E-state index contributed by atoms with van der Waals surface area (Å²) < 4.78 is 0. The van der Waals surface area contributed by atoms with Gasteiger partial charge in [-0.1, -0.05) is 0 Å². The van der Waals surface area contributed by atoms with Gasteiger partial charge in [-0.3, -0.25) is 0 Å². The first-order valence-electron chi connectivity index (χ1n) is 3.60. The Kier molecular flexibility index (Phi) is 2.04. The van der Waals surface area contributed by atoms with Gasteiger partial charge in [0, 0.05) is 5.71 Å². The molecule has 12 heavy (non-hydrogen) atoms. The van der Waals surface area contributed by atoms with Gasteiger partial charge in [-0.15, -0.1) is 0 Å². The SMILES string of the molecule is CC(=N)c1cc(C)c(O)c(O)c1. The van der Waals surface area contributed by atoms with E-state index in [1.807, 2.05) is 0 Å². The molecule has 0 spiro atoms. The fourth-order valence-electron chi connectivity index (χ4n) is 0.977. The zero-order chi connectivity index (χ0) is 9.30. The van der Waals surface area contributed by atoms with Crippen LogP contribution in [-0.4, -0.2) is 15.9 Å². The molecule has 0 saturated heterocycles. The maximum atomic E-state index is 9.19. The lowest BCUT2D eigenvalue weighted by atomic mass is 10.1. The minimum absolute atomic E-state index is 0.111. The molecule has 0 fully saturated rings. The van der Waals surface area contributed by atoms with Crippen molar-refractivity contribution in [3.8, 4) is 11.5 Å². The van der Waals surface area contributed by atoms with E-state index < -0.39 is 0 Å². The highest BCUT2D eigenvalue weighted by molar-refractivity contribution is 5.97. The van der Waals surface area contributed by atoms with Crippen LogP contribution in [0.25, 0.3) is 0 Å². The summed E-state index contributed by atoms with van der Waals surface area (Å²) in [6.07, 6.45) is 0. The Morgan fingerprint density at radius 1 is 1.33 bits per heavy atom. The van der Waals surface area contributed by atoms with Crippen molar-refractivity contribution >= 4 is 5.71 Å². The predicted octanol–water partition coefficient (Wildman–Crippen LogP) is 1.79. The number of rotatable bonds is 1. The second-order valence-electron chi connectivity index (χ2n) is 2.79. The first kappa shape index (κ1) is 8.59. The summed E-state index contributed by atoms with van der Waals surface area (Å²) in [4.78, 5) is 0. The van der Waals surface area contributed by atoms with E-state index in [0.29, 0.717) is 16.8 Å². The van der Waals surface area contributed by atoms with Crippen molar-refractivity contribution in [1.82, 2.24) is 0 Å². The molecule has 64 valence electrons. The van der Waals surface area contributed by atoms with Gasteiger partial charge in [0.15, 0.2) is 11.5 Å². The molecule has 0 radical (unpaired) electrons. The average molecular weight is 165 g/mol. The fourth-order valence-corrected chi connectivity index (χ4v) is 0.977. The minimum atomic E-state index is -0.170. The fraction of sp³-hybridized carbons (Fsp3) is 0.222. The largest absolute Gasteiger partial charge is 0.504 e. The second kappa shape index (κ2) is 2.85. The van der Waals surface area contributed by atoms with Gasteiger partial charge in [0.2, 0.25) is 0 Å². The lowest BCUT2D eigenvalue weighted by molar-refractivity contribution is 0.401. The predicted molar refractivity (Wildman–Crippen MR) is 47.0 cm³/mol. The van der Waals surface area contributed by atoms with Crippen molar-refractivity contribution < 1.29 is 10.2 Å². The van der Waals surface area contributed by atoms with E-state index >= 15 is 0 Å². The zero-order valence-corrected chi connectivity index (χ0v) is 7.05. The van der Waals surface area contributed by atoms with Gasteiger partial charge < -0.3 is 15.6 Å². The summed E-state index contributed by atoms with van der Waals surface area (Å²) in [6.45, 7) is 3.31. The first-order chi connectivity index (χ1) is 5.52. The van der Waals surface area contributed by atoms with E-state index in [2.05, 4.69) is 0 Å². The van der Waals surface area contributed by atoms with E-state index in [9.17, 15) is 10.2 Å². The Bertz CT molecular complexity index is 308. The topological polar surface area (TPSA) is 64.3 Å². The van der Waals surface area contributed by atoms with Crippen LogP contribution in [0.5, 0.6) is 11.5 Å².